The Labute approximate surface area is 152 Å². The molecule has 1 fully saturated rings. The van der Waals surface area contributed by atoms with Gasteiger partial charge in [0.05, 0.1) is 18.2 Å². The van der Waals surface area contributed by atoms with Crippen LogP contribution in [0.2, 0.25) is 0 Å². The van der Waals surface area contributed by atoms with Crippen molar-refractivity contribution in [2.24, 2.45) is 10.9 Å². The second kappa shape index (κ2) is 9.78. The number of benzene rings is 1. The van der Waals surface area contributed by atoms with Crippen molar-refractivity contribution in [3.63, 3.8) is 0 Å². The van der Waals surface area contributed by atoms with E-state index in [2.05, 4.69) is 46.8 Å². The Morgan fingerprint density at radius 2 is 2.04 bits per heavy atom. The van der Waals surface area contributed by atoms with Gasteiger partial charge in [0.2, 0.25) is 0 Å². The normalized spacial score (nSPS) is 21.8. The SMILES string of the molecule is CCNC(=NCC(C)(C)OC)NCC1CCCOC1c1ccccc1. The minimum Gasteiger partial charge on any atom is -0.377 e. The summed E-state index contributed by atoms with van der Waals surface area (Å²) in [6.45, 7) is 9.30. The summed E-state index contributed by atoms with van der Waals surface area (Å²) in [5.74, 6) is 1.28. The molecule has 0 radical (unpaired) electrons. The van der Waals surface area contributed by atoms with Crippen LogP contribution in [0.5, 0.6) is 0 Å². The zero-order valence-electron chi connectivity index (χ0n) is 16.0. The van der Waals surface area contributed by atoms with Crippen LogP contribution in [0, 0.1) is 5.92 Å². The first-order valence-corrected chi connectivity index (χ1v) is 9.29. The highest BCUT2D eigenvalue weighted by atomic mass is 16.5. The Bertz CT molecular complexity index is 531. The molecule has 0 aliphatic carbocycles. The Balaban J connectivity index is 1.98. The molecule has 0 aromatic heterocycles. The summed E-state index contributed by atoms with van der Waals surface area (Å²) in [5, 5.41) is 6.81. The number of guanidine groups is 1. The minimum absolute atomic E-state index is 0.153. The second-order valence-corrected chi connectivity index (χ2v) is 7.14. The van der Waals surface area contributed by atoms with Gasteiger partial charge >= 0.3 is 0 Å². The van der Waals surface area contributed by atoms with Gasteiger partial charge in [-0.25, -0.2) is 0 Å². The maximum absolute atomic E-state index is 6.08. The molecule has 5 heteroatoms. The Morgan fingerprint density at radius 1 is 1.28 bits per heavy atom. The van der Waals surface area contributed by atoms with Crippen LogP contribution in [-0.4, -0.2) is 44.9 Å². The highest BCUT2D eigenvalue weighted by molar-refractivity contribution is 5.79. The summed E-state index contributed by atoms with van der Waals surface area (Å²) >= 11 is 0. The van der Waals surface area contributed by atoms with Crippen molar-refractivity contribution in [1.29, 1.82) is 0 Å². The number of nitrogens with one attached hydrogen (secondary N) is 2. The molecule has 1 aliphatic heterocycles. The van der Waals surface area contributed by atoms with Gasteiger partial charge in [0.15, 0.2) is 5.96 Å². The Morgan fingerprint density at radius 3 is 2.72 bits per heavy atom. The first-order chi connectivity index (χ1) is 12.1. The molecular weight excluding hydrogens is 314 g/mol. The van der Waals surface area contributed by atoms with Crippen LogP contribution in [0.1, 0.15) is 45.3 Å². The monoisotopic (exact) mass is 347 g/mol. The van der Waals surface area contributed by atoms with Crippen molar-refractivity contribution in [1.82, 2.24) is 10.6 Å². The van der Waals surface area contributed by atoms with Gasteiger partial charge in [-0.3, -0.25) is 4.99 Å². The lowest BCUT2D eigenvalue weighted by Crippen LogP contribution is -2.43. The lowest BCUT2D eigenvalue weighted by atomic mass is 9.89. The third-order valence-electron chi connectivity index (χ3n) is 4.62. The molecule has 1 heterocycles. The van der Waals surface area contributed by atoms with E-state index in [1.807, 2.05) is 19.9 Å². The molecule has 140 valence electrons. The summed E-state index contributed by atoms with van der Waals surface area (Å²) in [6, 6.07) is 10.5. The number of methoxy groups -OCH3 is 1. The van der Waals surface area contributed by atoms with Gasteiger partial charge in [-0.05, 0) is 39.2 Å². The number of nitrogens with zero attached hydrogens (tertiary/aromatic N) is 1. The van der Waals surface area contributed by atoms with Gasteiger partial charge < -0.3 is 20.1 Å². The largest absolute Gasteiger partial charge is 0.377 e. The zero-order valence-corrected chi connectivity index (χ0v) is 16.0. The van der Waals surface area contributed by atoms with Crippen molar-refractivity contribution in [2.75, 3.05) is 33.4 Å². The number of aliphatic imine (C=N–C) groups is 1. The molecule has 0 saturated carbocycles. The molecule has 0 amide bonds. The van der Waals surface area contributed by atoms with Crippen molar-refractivity contribution in [3.05, 3.63) is 35.9 Å². The van der Waals surface area contributed by atoms with Gasteiger partial charge in [0.25, 0.3) is 0 Å². The predicted octanol–water partition coefficient (Wildman–Crippen LogP) is 3.13. The Kier molecular flexibility index (Phi) is 7.72. The minimum atomic E-state index is -0.261. The quantitative estimate of drug-likeness (QED) is 0.588. The van der Waals surface area contributed by atoms with E-state index >= 15 is 0 Å². The highest BCUT2D eigenvalue weighted by Gasteiger charge is 2.27. The second-order valence-electron chi connectivity index (χ2n) is 7.14. The van der Waals surface area contributed by atoms with Gasteiger partial charge in [-0.15, -0.1) is 0 Å². The molecule has 2 N–H and O–H groups in total. The van der Waals surface area contributed by atoms with Crippen LogP contribution >= 0.6 is 0 Å². The van der Waals surface area contributed by atoms with Crippen molar-refractivity contribution < 1.29 is 9.47 Å². The van der Waals surface area contributed by atoms with Crippen LogP contribution in [0.3, 0.4) is 0 Å². The van der Waals surface area contributed by atoms with Crippen molar-refractivity contribution in [2.45, 2.75) is 45.3 Å². The fourth-order valence-corrected chi connectivity index (χ4v) is 2.97. The fraction of sp³-hybridized carbons (Fsp3) is 0.650. The van der Waals surface area contributed by atoms with E-state index in [0.29, 0.717) is 12.5 Å². The van der Waals surface area contributed by atoms with Crippen LogP contribution < -0.4 is 10.6 Å². The summed E-state index contributed by atoms with van der Waals surface area (Å²) in [7, 11) is 1.72. The predicted molar refractivity (Wildman–Crippen MR) is 103 cm³/mol. The van der Waals surface area contributed by atoms with Gasteiger partial charge in [0.1, 0.15) is 0 Å². The number of ether oxygens (including phenoxy) is 2. The van der Waals surface area contributed by atoms with Crippen molar-refractivity contribution >= 4 is 5.96 Å². The van der Waals surface area contributed by atoms with E-state index in [0.717, 1.165) is 38.5 Å². The first-order valence-electron chi connectivity index (χ1n) is 9.29. The summed E-state index contributed by atoms with van der Waals surface area (Å²) in [5.41, 5.74) is 1.000. The lowest BCUT2D eigenvalue weighted by Gasteiger charge is -2.32. The Hall–Kier alpha value is -1.59. The van der Waals surface area contributed by atoms with E-state index < -0.39 is 0 Å². The molecule has 5 nitrogen and oxygen atoms in total. The third-order valence-corrected chi connectivity index (χ3v) is 4.62. The zero-order chi connectivity index (χ0) is 18.1. The molecular formula is C20H33N3O2. The maximum Gasteiger partial charge on any atom is 0.191 e. The van der Waals surface area contributed by atoms with E-state index in [1.54, 1.807) is 7.11 Å². The van der Waals surface area contributed by atoms with Gasteiger partial charge in [-0.1, -0.05) is 30.3 Å². The van der Waals surface area contributed by atoms with Crippen LogP contribution in [0.15, 0.2) is 35.3 Å². The van der Waals surface area contributed by atoms with Crippen molar-refractivity contribution in [3.8, 4) is 0 Å². The van der Waals surface area contributed by atoms with Gasteiger partial charge in [0, 0.05) is 32.7 Å². The first kappa shape index (κ1) is 19.7. The smallest absolute Gasteiger partial charge is 0.191 e. The highest BCUT2D eigenvalue weighted by Crippen LogP contribution is 2.33. The van der Waals surface area contributed by atoms with Gasteiger partial charge in [-0.2, -0.15) is 0 Å². The average Bonchev–Trinajstić information content (AvgIpc) is 2.65. The van der Waals surface area contributed by atoms with Crippen LogP contribution in [0.4, 0.5) is 0 Å². The van der Waals surface area contributed by atoms with Crippen LogP contribution in [-0.2, 0) is 9.47 Å². The maximum atomic E-state index is 6.08. The average molecular weight is 348 g/mol. The molecule has 1 saturated heterocycles. The molecule has 2 rings (SSSR count). The fourth-order valence-electron chi connectivity index (χ4n) is 2.97. The van der Waals surface area contributed by atoms with Crippen LogP contribution in [0.25, 0.3) is 0 Å². The summed E-state index contributed by atoms with van der Waals surface area (Å²) in [6.07, 6.45) is 2.43. The summed E-state index contributed by atoms with van der Waals surface area (Å²) in [4.78, 5) is 4.67. The summed E-state index contributed by atoms with van der Waals surface area (Å²) < 4.78 is 11.5. The topological polar surface area (TPSA) is 54.9 Å². The number of rotatable bonds is 7. The number of hydrogen-bond acceptors (Lipinski definition) is 3. The standard InChI is InChI=1S/C20H33N3O2/c1-5-21-19(23-15-20(2,3)24-4)22-14-17-12-9-13-25-18(17)16-10-7-6-8-11-16/h6-8,10-11,17-18H,5,9,12-15H2,1-4H3,(H2,21,22,23). The molecule has 0 bridgehead atoms. The molecule has 1 aromatic rings. The number of hydrogen-bond donors (Lipinski definition) is 2. The van der Waals surface area contributed by atoms with E-state index in [-0.39, 0.29) is 11.7 Å². The molecule has 1 aliphatic rings. The third kappa shape index (κ3) is 6.33. The van der Waals surface area contributed by atoms with E-state index in [4.69, 9.17) is 9.47 Å². The van der Waals surface area contributed by atoms with E-state index in [1.165, 1.54) is 5.56 Å². The lowest BCUT2D eigenvalue weighted by molar-refractivity contribution is -0.0265. The molecule has 2 atom stereocenters. The molecule has 25 heavy (non-hydrogen) atoms. The van der Waals surface area contributed by atoms with E-state index in [9.17, 15) is 0 Å². The molecule has 0 spiro atoms. The molecule has 2 unspecified atom stereocenters. The molecule has 1 aromatic carbocycles.